The first-order valence-corrected chi connectivity index (χ1v) is 6.72. The molecule has 82 valence electrons. The molecule has 2 aromatic carbocycles. The summed E-state index contributed by atoms with van der Waals surface area (Å²) >= 11 is 2.33. The Morgan fingerprint density at radius 3 is 1.81 bits per heavy atom. The van der Waals surface area contributed by atoms with Crippen LogP contribution in [0.5, 0.6) is 0 Å². The van der Waals surface area contributed by atoms with Crippen LogP contribution in [0.15, 0.2) is 48.5 Å². The molecule has 16 heavy (non-hydrogen) atoms. The van der Waals surface area contributed by atoms with E-state index in [0.717, 1.165) is 0 Å². The highest BCUT2D eigenvalue weighted by molar-refractivity contribution is 14.1. The molecule has 0 spiro atoms. The van der Waals surface area contributed by atoms with Crippen LogP contribution in [0.3, 0.4) is 0 Å². The van der Waals surface area contributed by atoms with Gasteiger partial charge in [-0.1, -0.05) is 49.7 Å². The fourth-order valence-corrected chi connectivity index (χ4v) is 2.15. The van der Waals surface area contributed by atoms with Gasteiger partial charge in [-0.2, -0.15) is 0 Å². The fraction of sp³-hybridized carbons (Fsp3) is 0.200. The van der Waals surface area contributed by atoms with Crippen molar-refractivity contribution in [3.05, 3.63) is 57.7 Å². The summed E-state index contributed by atoms with van der Waals surface area (Å²) in [6, 6.07) is 17.5. The molecule has 0 fully saturated rings. The van der Waals surface area contributed by atoms with Gasteiger partial charge in [-0.05, 0) is 57.8 Å². The Bertz CT molecular complexity index is 440. The van der Waals surface area contributed by atoms with E-state index >= 15 is 0 Å². The second-order valence-electron chi connectivity index (χ2n) is 3.95. The first-order chi connectivity index (χ1) is 7.79. The summed E-state index contributed by atoms with van der Waals surface area (Å²) in [6.45, 7) is 2.22. The summed E-state index contributed by atoms with van der Waals surface area (Å²) in [5, 5.41) is 0. The van der Waals surface area contributed by atoms with Gasteiger partial charge < -0.3 is 0 Å². The molecule has 0 saturated heterocycles. The number of halogens is 1. The van der Waals surface area contributed by atoms with Crippen molar-refractivity contribution in [3.8, 4) is 11.1 Å². The summed E-state index contributed by atoms with van der Waals surface area (Å²) in [4.78, 5) is 0. The highest BCUT2D eigenvalue weighted by atomic mass is 127. The Balaban J connectivity index is 2.24. The minimum atomic E-state index is 1.17. The van der Waals surface area contributed by atoms with Gasteiger partial charge in [0.15, 0.2) is 0 Å². The van der Waals surface area contributed by atoms with Crippen molar-refractivity contribution < 1.29 is 0 Å². The molecule has 0 saturated carbocycles. The van der Waals surface area contributed by atoms with Crippen molar-refractivity contribution in [2.24, 2.45) is 0 Å². The van der Waals surface area contributed by atoms with Crippen LogP contribution in [0.4, 0.5) is 0 Å². The topological polar surface area (TPSA) is 0 Å². The van der Waals surface area contributed by atoms with E-state index in [1.807, 2.05) is 0 Å². The molecule has 2 aromatic rings. The Morgan fingerprint density at radius 2 is 1.31 bits per heavy atom. The molecule has 1 heteroatoms. The minimum absolute atomic E-state index is 1.17. The third-order valence-corrected chi connectivity index (χ3v) is 3.39. The molecule has 0 aromatic heterocycles. The SMILES string of the molecule is CCCc1ccc(-c2ccc(I)cc2)cc1. The number of hydrogen-bond donors (Lipinski definition) is 0. The van der Waals surface area contributed by atoms with E-state index in [4.69, 9.17) is 0 Å². The molecule has 0 bridgehead atoms. The molecular formula is C15H15I. The van der Waals surface area contributed by atoms with Crippen LogP contribution in [0, 0.1) is 3.57 Å². The Morgan fingerprint density at radius 1 is 0.812 bits per heavy atom. The minimum Gasteiger partial charge on any atom is -0.0651 e. The van der Waals surface area contributed by atoms with Crippen LogP contribution in [-0.2, 0) is 6.42 Å². The van der Waals surface area contributed by atoms with Crippen molar-refractivity contribution in [2.45, 2.75) is 19.8 Å². The van der Waals surface area contributed by atoms with Gasteiger partial charge in [0.05, 0.1) is 0 Å². The standard InChI is InChI=1S/C15H15I/c1-2-3-12-4-6-13(7-5-12)14-8-10-15(16)11-9-14/h4-11H,2-3H2,1H3. The molecule has 0 aliphatic heterocycles. The van der Waals surface area contributed by atoms with Crippen molar-refractivity contribution in [2.75, 3.05) is 0 Å². The van der Waals surface area contributed by atoms with Crippen LogP contribution in [0.25, 0.3) is 11.1 Å². The van der Waals surface area contributed by atoms with Gasteiger partial charge in [0, 0.05) is 3.57 Å². The van der Waals surface area contributed by atoms with Crippen LogP contribution in [-0.4, -0.2) is 0 Å². The van der Waals surface area contributed by atoms with Gasteiger partial charge >= 0.3 is 0 Å². The fourth-order valence-electron chi connectivity index (χ4n) is 1.79. The highest BCUT2D eigenvalue weighted by Crippen LogP contribution is 2.21. The smallest absolute Gasteiger partial charge is 0.0130 e. The maximum absolute atomic E-state index is 2.33. The average molecular weight is 322 g/mol. The zero-order valence-electron chi connectivity index (χ0n) is 9.41. The molecule has 2 rings (SSSR count). The second-order valence-corrected chi connectivity index (χ2v) is 5.20. The summed E-state index contributed by atoms with van der Waals surface area (Å²) in [5.41, 5.74) is 4.02. The van der Waals surface area contributed by atoms with Crippen molar-refractivity contribution in [1.82, 2.24) is 0 Å². The number of benzene rings is 2. The van der Waals surface area contributed by atoms with Gasteiger partial charge in [0.25, 0.3) is 0 Å². The van der Waals surface area contributed by atoms with E-state index in [1.54, 1.807) is 0 Å². The molecule has 0 N–H and O–H groups in total. The largest absolute Gasteiger partial charge is 0.0651 e. The first kappa shape index (κ1) is 11.6. The van der Waals surface area contributed by atoms with Crippen LogP contribution >= 0.6 is 22.6 Å². The molecule has 0 aliphatic rings. The van der Waals surface area contributed by atoms with Crippen LogP contribution in [0.1, 0.15) is 18.9 Å². The van der Waals surface area contributed by atoms with Crippen LogP contribution < -0.4 is 0 Å². The number of hydrogen-bond acceptors (Lipinski definition) is 0. The molecule has 0 atom stereocenters. The second kappa shape index (κ2) is 5.48. The summed E-state index contributed by atoms with van der Waals surface area (Å²) in [5.74, 6) is 0. The highest BCUT2D eigenvalue weighted by Gasteiger charge is 1.97. The molecule has 0 nitrogen and oxygen atoms in total. The van der Waals surface area contributed by atoms with Crippen molar-refractivity contribution in [1.29, 1.82) is 0 Å². The maximum atomic E-state index is 2.33. The first-order valence-electron chi connectivity index (χ1n) is 5.64. The normalized spacial score (nSPS) is 10.4. The Labute approximate surface area is 111 Å². The molecule has 0 unspecified atom stereocenters. The lowest BCUT2D eigenvalue weighted by molar-refractivity contribution is 0.922. The zero-order chi connectivity index (χ0) is 11.4. The summed E-state index contributed by atoms with van der Waals surface area (Å²) in [6.07, 6.45) is 2.38. The molecular weight excluding hydrogens is 307 g/mol. The summed E-state index contributed by atoms with van der Waals surface area (Å²) in [7, 11) is 0. The van der Waals surface area contributed by atoms with Gasteiger partial charge in [0.2, 0.25) is 0 Å². The Kier molecular flexibility index (Phi) is 3.99. The van der Waals surface area contributed by atoms with E-state index in [1.165, 1.54) is 33.1 Å². The average Bonchev–Trinajstić information content (AvgIpc) is 2.32. The Hall–Kier alpha value is -0.830. The third kappa shape index (κ3) is 2.85. The third-order valence-electron chi connectivity index (χ3n) is 2.67. The quantitative estimate of drug-likeness (QED) is 0.704. The summed E-state index contributed by atoms with van der Waals surface area (Å²) < 4.78 is 1.28. The monoisotopic (exact) mass is 322 g/mol. The lowest BCUT2D eigenvalue weighted by Gasteiger charge is -2.03. The van der Waals surface area contributed by atoms with E-state index in [0.29, 0.717) is 0 Å². The lowest BCUT2D eigenvalue weighted by atomic mass is 10.0. The molecule has 0 aliphatic carbocycles. The van der Waals surface area contributed by atoms with Gasteiger partial charge in [0.1, 0.15) is 0 Å². The molecule has 0 amide bonds. The number of rotatable bonds is 3. The predicted octanol–water partition coefficient (Wildman–Crippen LogP) is 4.91. The lowest BCUT2D eigenvalue weighted by Crippen LogP contribution is -1.83. The van der Waals surface area contributed by atoms with Crippen molar-refractivity contribution in [3.63, 3.8) is 0 Å². The molecule has 0 radical (unpaired) electrons. The number of aryl methyl sites for hydroxylation is 1. The van der Waals surface area contributed by atoms with E-state index in [9.17, 15) is 0 Å². The van der Waals surface area contributed by atoms with E-state index < -0.39 is 0 Å². The van der Waals surface area contributed by atoms with Crippen molar-refractivity contribution >= 4 is 22.6 Å². The van der Waals surface area contributed by atoms with Gasteiger partial charge in [-0.15, -0.1) is 0 Å². The van der Waals surface area contributed by atoms with Gasteiger partial charge in [-0.25, -0.2) is 0 Å². The zero-order valence-corrected chi connectivity index (χ0v) is 11.6. The van der Waals surface area contributed by atoms with E-state index in [2.05, 4.69) is 78.0 Å². The van der Waals surface area contributed by atoms with Crippen LogP contribution in [0.2, 0.25) is 0 Å². The maximum Gasteiger partial charge on any atom is 0.0130 e. The predicted molar refractivity (Wildman–Crippen MR) is 78.6 cm³/mol. The van der Waals surface area contributed by atoms with E-state index in [-0.39, 0.29) is 0 Å². The van der Waals surface area contributed by atoms with Gasteiger partial charge in [-0.3, -0.25) is 0 Å². The molecule has 0 heterocycles.